The Bertz CT molecular complexity index is 601. The molecule has 3 unspecified atom stereocenters. The van der Waals surface area contributed by atoms with Gasteiger partial charge in [-0.1, -0.05) is 52.7 Å². The van der Waals surface area contributed by atoms with Crippen LogP contribution < -0.4 is 10.6 Å². The van der Waals surface area contributed by atoms with Crippen LogP contribution >= 0.6 is 0 Å². The van der Waals surface area contributed by atoms with Gasteiger partial charge < -0.3 is 10.6 Å². The van der Waals surface area contributed by atoms with Crippen molar-refractivity contribution in [3.05, 3.63) is 35.4 Å². The van der Waals surface area contributed by atoms with Gasteiger partial charge in [-0.15, -0.1) is 0 Å². The Morgan fingerprint density at radius 2 is 1.68 bits per heavy atom. The van der Waals surface area contributed by atoms with Crippen LogP contribution in [0, 0.1) is 5.92 Å². The first-order valence-electron chi connectivity index (χ1n) is 9.40. The maximum Gasteiger partial charge on any atom is 0.251 e. The first-order valence-corrected chi connectivity index (χ1v) is 9.40. The fourth-order valence-electron chi connectivity index (χ4n) is 3.31. The van der Waals surface area contributed by atoms with Crippen LogP contribution in [0.5, 0.6) is 0 Å². The van der Waals surface area contributed by atoms with Crippen molar-refractivity contribution < 1.29 is 9.59 Å². The third-order valence-corrected chi connectivity index (χ3v) is 5.19. The van der Waals surface area contributed by atoms with Crippen LogP contribution in [0.15, 0.2) is 24.3 Å². The molecule has 0 aliphatic heterocycles. The van der Waals surface area contributed by atoms with E-state index in [9.17, 15) is 9.59 Å². The Labute approximate surface area is 151 Å². The molecular weight excluding hydrogens is 312 g/mol. The van der Waals surface area contributed by atoms with Crippen molar-refractivity contribution in [2.24, 2.45) is 5.92 Å². The van der Waals surface area contributed by atoms with Crippen molar-refractivity contribution >= 4 is 11.8 Å². The minimum absolute atomic E-state index is 0.0544. The van der Waals surface area contributed by atoms with Gasteiger partial charge in [-0.25, -0.2) is 0 Å². The van der Waals surface area contributed by atoms with Crippen LogP contribution in [-0.2, 0) is 10.2 Å². The molecule has 2 amide bonds. The summed E-state index contributed by atoms with van der Waals surface area (Å²) in [6.45, 7) is 10.3. The van der Waals surface area contributed by atoms with Gasteiger partial charge in [0.15, 0.2) is 0 Å². The van der Waals surface area contributed by atoms with Crippen LogP contribution in [0.4, 0.5) is 0 Å². The van der Waals surface area contributed by atoms with Gasteiger partial charge in [-0.05, 0) is 48.8 Å². The average molecular weight is 344 g/mol. The highest BCUT2D eigenvalue weighted by Crippen LogP contribution is 2.24. The van der Waals surface area contributed by atoms with Gasteiger partial charge in [0.05, 0.1) is 0 Å². The van der Waals surface area contributed by atoms with Crippen LogP contribution in [0.2, 0.25) is 0 Å². The number of carbonyl (C=O) groups excluding carboxylic acids is 2. The van der Waals surface area contributed by atoms with Gasteiger partial charge in [-0.3, -0.25) is 9.59 Å². The predicted molar refractivity (Wildman–Crippen MR) is 102 cm³/mol. The van der Waals surface area contributed by atoms with E-state index in [2.05, 4.69) is 38.3 Å². The smallest absolute Gasteiger partial charge is 0.251 e. The zero-order valence-electron chi connectivity index (χ0n) is 16.2. The molecule has 0 aromatic heterocycles. The fourth-order valence-corrected chi connectivity index (χ4v) is 3.31. The number of rotatable bonds is 4. The summed E-state index contributed by atoms with van der Waals surface area (Å²) in [4.78, 5) is 24.8. The third kappa shape index (κ3) is 5.32. The summed E-state index contributed by atoms with van der Waals surface area (Å²) in [6, 6.07) is 7.29. The van der Waals surface area contributed by atoms with E-state index in [1.165, 1.54) is 12.0 Å². The topological polar surface area (TPSA) is 58.2 Å². The number of amides is 2. The lowest BCUT2D eigenvalue weighted by molar-refractivity contribution is -0.123. The molecule has 1 aliphatic carbocycles. The maximum atomic E-state index is 12.4. The molecular formula is C21H32N2O2. The molecule has 0 bridgehead atoms. The highest BCUT2D eigenvalue weighted by atomic mass is 16.2. The molecule has 1 aromatic rings. The number of hydrogen-bond donors (Lipinski definition) is 2. The van der Waals surface area contributed by atoms with Crippen LogP contribution in [0.1, 0.15) is 76.2 Å². The second-order valence-corrected chi connectivity index (χ2v) is 8.40. The van der Waals surface area contributed by atoms with Crippen molar-refractivity contribution in [3.63, 3.8) is 0 Å². The Hall–Kier alpha value is -1.84. The number of benzene rings is 1. The zero-order valence-corrected chi connectivity index (χ0v) is 16.2. The number of nitrogens with one attached hydrogen (secondary N) is 2. The van der Waals surface area contributed by atoms with Crippen LogP contribution in [0.3, 0.4) is 0 Å². The minimum atomic E-state index is -0.538. The van der Waals surface area contributed by atoms with E-state index in [4.69, 9.17) is 0 Å². The molecule has 1 saturated carbocycles. The Morgan fingerprint density at radius 1 is 1.08 bits per heavy atom. The Kier molecular flexibility index (Phi) is 6.26. The third-order valence-electron chi connectivity index (χ3n) is 5.19. The second kappa shape index (κ2) is 8.03. The maximum absolute atomic E-state index is 12.4. The summed E-state index contributed by atoms with van der Waals surface area (Å²) in [7, 11) is 0. The highest BCUT2D eigenvalue weighted by Gasteiger charge is 2.25. The van der Waals surface area contributed by atoms with E-state index in [1.54, 1.807) is 6.92 Å². The summed E-state index contributed by atoms with van der Waals surface area (Å²) < 4.78 is 0. The quantitative estimate of drug-likeness (QED) is 0.873. The van der Waals surface area contributed by atoms with Crippen LogP contribution in [0.25, 0.3) is 0 Å². The Balaban J connectivity index is 1.91. The number of carbonyl (C=O) groups is 2. The van der Waals surface area contributed by atoms with E-state index in [-0.39, 0.29) is 23.3 Å². The van der Waals surface area contributed by atoms with Gasteiger partial charge in [0.2, 0.25) is 5.91 Å². The molecule has 2 rings (SSSR count). The monoisotopic (exact) mass is 344 g/mol. The molecule has 0 saturated heterocycles. The van der Waals surface area contributed by atoms with E-state index >= 15 is 0 Å². The standard InChI is InChI=1S/C21H32N2O2/c1-14-8-6-7-9-18(14)23-19(24)15(2)22-20(25)16-10-12-17(13-11-16)21(3,4)5/h10-15,18H,6-9H2,1-5H3,(H,22,25)(H,23,24). The molecule has 1 aromatic carbocycles. The molecule has 3 atom stereocenters. The lowest BCUT2D eigenvalue weighted by Gasteiger charge is -2.30. The van der Waals surface area contributed by atoms with Gasteiger partial charge in [0.1, 0.15) is 6.04 Å². The molecule has 4 heteroatoms. The predicted octanol–water partition coefficient (Wildman–Crippen LogP) is 3.80. The lowest BCUT2D eigenvalue weighted by Crippen LogP contribution is -2.50. The molecule has 0 spiro atoms. The van der Waals surface area contributed by atoms with E-state index in [1.807, 2.05) is 24.3 Å². The minimum Gasteiger partial charge on any atom is -0.351 e. The molecule has 1 fully saturated rings. The van der Waals surface area contributed by atoms with Crippen molar-refractivity contribution in [2.75, 3.05) is 0 Å². The van der Waals surface area contributed by atoms with Crippen molar-refractivity contribution in [2.45, 2.75) is 77.8 Å². The summed E-state index contributed by atoms with van der Waals surface area (Å²) in [5.74, 6) is 0.198. The summed E-state index contributed by atoms with van der Waals surface area (Å²) in [5, 5.41) is 5.91. The van der Waals surface area contributed by atoms with Crippen LogP contribution in [-0.4, -0.2) is 23.9 Å². The molecule has 0 radical (unpaired) electrons. The van der Waals surface area contributed by atoms with Gasteiger partial charge in [0, 0.05) is 11.6 Å². The summed E-state index contributed by atoms with van der Waals surface area (Å²) in [5.41, 5.74) is 1.82. The van der Waals surface area contributed by atoms with Gasteiger partial charge in [-0.2, -0.15) is 0 Å². The summed E-state index contributed by atoms with van der Waals surface area (Å²) in [6.07, 6.45) is 4.59. The normalized spacial score (nSPS) is 22.1. The number of hydrogen-bond acceptors (Lipinski definition) is 2. The molecule has 2 N–H and O–H groups in total. The molecule has 138 valence electrons. The van der Waals surface area contributed by atoms with E-state index in [0.717, 1.165) is 19.3 Å². The molecule has 0 heterocycles. The van der Waals surface area contributed by atoms with Crippen molar-refractivity contribution in [1.29, 1.82) is 0 Å². The van der Waals surface area contributed by atoms with Gasteiger partial charge in [0.25, 0.3) is 5.91 Å². The first-order chi connectivity index (χ1) is 11.7. The SMILES string of the molecule is CC(NC(=O)c1ccc(C(C)(C)C)cc1)C(=O)NC1CCCCC1C. The molecule has 4 nitrogen and oxygen atoms in total. The van der Waals surface area contributed by atoms with Crippen molar-refractivity contribution in [1.82, 2.24) is 10.6 Å². The average Bonchev–Trinajstić information content (AvgIpc) is 2.56. The van der Waals surface area contributed by atoms with Gasteiger partial charge >= 0.3 is 0 Å². The molecule has 25 heavy (non-hydrogen) atoms. The lowest BCUT2D eigenvalue weighted by atomic mass is 9.86. The fraction of sp³-hybridized carbons (Fsp3) is 0.619. The zero-order chi connectivity index (χ0) is 18.6. The van der Waals surface area contributed by atoms with Crippen molar-refractivity contribution in [3.8, 4) is 0 Å². The first kappa shape index (κ1) is 19.5. The highest BCUT2D eigenvalue weighted by molar-refractivity contribution is 5.97. The van der Waals surface area contributed by atoms with E-state index < -0.39 is 6.04 Å². The largest absolute Gasteiger partial charge is 0.351 e. The Morgan fingerprint density at radius 3 is 2.24 bits per heavy atom. The molecule has 1 aliphatic rings. The van der Waals surface area contributed by atoms with E-state index in [0.29, 0.717) is 11.5 Å². The second-order valence-electron chi connectivity index (χ2n) is 8.40. The summed E-state index contributed by atoms with van der Waals surface area (Å²) >= 11 is 0.